The standard InChI is InChI=1S/C5H9NO2/c7-5(8)4-2-1-3-6-4/h4,6H,1-3H2,(H,7,8)/t4-/m0/s1/i5+2. The second-order valence-electron chi connectivity index (χ2n) is 1.99. The lowest BCUT2D eigenvalue weighted by atomic mass is 10.3. The molecule has 3 nitrogen and oxygen atoms in total. The van der Waals surface area contributed by atoms with Gasteiger partial charge in [0.2, 0.25) is 0 Å². The zero-order chi connectivity index (χ0) is 5.98. The molecule has 0 aromatic rings. The summed E-state index contributed by atoms with van der Waals surface area (Å²) < 4.78 is 0. The monoisotopic (exact) mass is 117 g/mol. The van der Waals surface area contributed by atoms with Crippen LogP contribution in [0.15, 0.2) is 0 Å². The number of carboxylic acids is 1. The van der Waals surface area contributed by atoms with E-state index in [0.29, 0.717) is 0 Å². The molecule has 0 aliphatic carbocycles. The van der Waals surface area contributed by atoms with Crippen molar-refractivity contribution in [1.29, 1.82) is 0 Å². The van der Waals surface area contributed by atoms with E-state index in [9.17, 15) is 4.79 Å². The molecule has 0 aromatic heterocycles. The highest BCUT2D eigenvalue weighted by atomic mass is 16.6. The summed E-state index contributed by atoms with van der Waals surface area (Å²) in [6.45, 7) is 0.858. The SMILES string of the molecule is O=[14C](O)[C@@H]1CCCN1. The quantitative estimate of drug-likeness (QED) is 0.501. The summed E-state index contributed by atoms with van der Waals surface area (Å²) in [6.07, 6.45) is 1.78. The van der Waals surface area contributed by atoms with Crippen molar-refractivity contribution < 1.29 is 9.90 Å². The Morgan fingerprint density at radius 3 is 2.75 bits per heavy atom. The molecule has 0 spiro atoms. The molecule has 1 fully saturated rings. The van der Waals surface area contributed by atoms with Gasteiger partial charge in [-0.05, 0) is 19.4 Å². The Morgan fingerprint density at radius 2 is 2.50 bits per heavy atom. The van der Waals surface area contributed by atoms with Crippen LogP contribution in [0.1, 0.15) is 12.8 Å². The molecule has 1 rings (SSSR count). The second kappa shape index (κ2) is 2.13. The fourth-order valence-corrected chi connectivity index (χ4v) is 0.895. The van der Waals surface area contributed by atoms with Crippen molar-refractivity contribution in [1.82, 2.24) is 5.32 Å². The van der Waals surface area contributed by atoms with Gasteiger partial charge in [-0.15, -0.1) is 0 Å². The lowest BCUT2D eigenvalue weighted by Crippen LogP contribution is -2.29. The van der Waals surface area contributed by atoms with E-state index in [1.54, 1.807) is 0 Å². The van der Waals surface area contributed by atoms with E-state index in [1.807, 2.05) is 0 Å². The minimum absolute atomic E-state index is 0.269. The van der Waals surface area contributed by atoms with Gasteiger partial charge in [-0.25, -0.2) is 0 Å². The van der Waals surface area contributed by atoms with Crippen molar-refractivity contribution in [2.24, 2.45) is 0 Å². The smallest absolute Gasteiger partial charge is 0.320 e. The Morgan fingerprint density at radius 1 is 1.75 bits per heavy atom. The molecule has 1 atom stereocenters. The van der Waals surface area contributed by atoms with Crippen LogP contribution in [0.25, 0.3) is 0 Å². The molecule has 3 heteroatoms. The average molecular weight is 117 g/mol. The highest BCUT2D eigenvalue weighted by Crippen LogP contribution is 2.03. The molecule has 0 unspecified atom stereocenters. The first-order valence-corrected chi connectivity index (χ1v) is 2.77. The van der Waals surface area contributed by atoms with Crippen molar-refractivity contribution in [2.45, 2.75) is 18.9 Å². The number of nitrogens with one attached hydrogen (secondary N) is 1. The van der Waals surface area contributed by atoms with Gasteiger partial charge in [0.05, 0.1) is 0 Å². The highest BCUT2D eigenvalue weighted by molar-refractivity contribution is 5.73. The Kier molecular flexibility index (Phi) is 1.48. The minimum atomic E-state index is -0.720. The predicted octanol–water partition coefficient (Wildman–Crippen LogP) is -0.177. The number of hydrogen-bond acceptors (Lipinski definition) is 2. The maximum absolute atomic E-state index is 10.1. The maximum atomic E-state index is 10.1. The normalized spacial score (nSPS) is 28.2. The molecule has 8 heavy (non-hydrogen) atoms. The van der Waals surface area contributed by atoms with Gasteiger partial charge < -0.3 is 10.4 Å². The van der Waals surface area contributed by atoms with Gasteiger partial charge in [0.1, 0.15) is 6.04 Å². The third kappa shape index (κ3) is 0.980. The van der Waals surface area contributed by atoms with Crippen molar-refractivity contribution in [3.63, 3.8) is 0 Å². The van der Waals surface area contributed by atoms with E-state index in [-0.39, 0.29) is 6.04 Å². The maximum Gasteiger partial charge on any atom is 0.320 e. The van der Waals surface area contributed by atoms with Gasteiger partial charge in [-0.1, -0.05) is 0 Å². The molecule has 0 amide bonds. The largest absolute Gasteiger partial charge is 0.480 e. The van der Waals surface area contributed by atoms with Crippen LogP contribution in [-0.4, -0.2) is 23.7 Å². The number of carboxylic acid groups (broad SMARTS) is 1. The Balaban J connectivity index is 2.35. The van der Waals surface area contributed by atoms with E-state index in [4.69, 9.17) is 5.11 Å². The van der Waals surface area contributed by atoms with Crippen LogP contribution in [0, 0.1) is 0 Å². The van der Waals surface area contributed by atoms with E-state index in [0.717, 1.165) is 19.4 Å². The third-order valence-corrected chi connectivity index (χ3v) is 1.36. The number of aliphatic carboxylic acids is 1. The topological polar surface area (TPSA) is 49.3 Å². The molecule has 0 saturated carbocycles. The van der Waals surface area contributed by atoms with Gasteiger partial charge in [-0.3, -0.25) is 4.79 Å². The van der Waals surface area contributed by atoms with Crippen LogP contribution in [0.5, 0.6) is 0 Å². The van der Waals surface area contributed by atoms with Crippen molar-refractivity contribution in [3.8, 4) is 0 Å². The molecule has 0 aromatic carbocycles. The number of carbonyl (C=O) groups is 1. The predicted molar refractivity (Wildman–Crippen MR) is 28.7 cm³/mol. The Hall–Kier alpha value is -0.570. The molecule has 2 N–H and O–H groups in total. The average Bonchev–Trinajstić information content (AvgIpc) is 2.12. The molecule has 1 aliphatic rings. The lowest BCUT2D eigenvalue weighted by molar-refractivity contribution is -0.139. The van der Waals surface area contributed by atoms with Crippen LogP contribution in [0.4, 0.5) is 0 Å². The molecule has 0 bridgehead atoms. The molecule has 1 aliphatic heterocycles. The molecule has 1 heterocycles. The van der Waals surface area contributed by atoms with Gasteiger partial charge in [0.15, 0.2) is 0 Å². The Labute approximate surface area is 47.7 Å². The summed E-state index contributed by atoms with van der Waals surface area (Å²) >= 11 is 0. The Bertz CT molecular complexity index is 96.6. The van der Waals surface area contributed by atoms with Gasteiger partial charge >= 0.3 is 5.97 Å². The van der Waals surface area contributed by atoms with Crippen LogP contribution in [-0.2, 0) is 4.79 Å². The zero-order valence-electron chi connectivity index (χ0n) is 4.55. The van der Waals surface area contributed by atoms with Crippen LogP contribution >= 0.6 is 0 Å². The first-order valence-electron chi connectivity index (χ1n) is 2.77. The van der Waals surface area contributed by atoms with Crippen molar-refractivity contribution in [3.05, 3.63) is 0 Å². The van der Waals surface area contributed by atoms with Gasteiger partial charge in [-0.2, -0.15) is 0 Å². The van der Waals surface area contributed by atoms with E-state index >= 15 is 0 Å². The summed E-state index contributed by atoms with van der Waals surface area (Å²) in [7, 11) is 0. The van der Waals surface area contributed by atoms with Crippen molar-refractivity contribution in [2.75, 3.05) is 6.54 Å². The van der Waals surface area contributed by atoms with E-state index in [2.05, 4.69) is 5.32 Å². The summed E-state index contributed by atoms with van der Waals surface area (Å²) in [5.41, 5.74) is 0. The molecule has 1 saturated heterocycles. The zero-order valence-corrected chi connectivity index (χ0v) is 4.55. The summed E-state index contributed by atoms with van der Waals surface area (Å²) in [5, 5.41) is 11.2. The molecular weight excluding hydrogens is 108 g/mol. The highest BCUT2D eigenvalue weighted by Gasteiger charge is 2.20. The van der Waals surface area contributed by atoms with Gasteiger partial charge in [0, 0.05) is 0 Å². The lowest BCUT2D eigenvalue weighted by Gasteiger charge is -1.99. The molecule has 0 radical (unpaired) electrons. The summed E-state index contributed by atoms with van der Waals surface area (Å²) in [4.78, 5) is 10.1. The number of rotatable bonds is 1. The first kappa shape index (κ1) is 5.56. The van der Waals surface area contributed by atoms with E-state index < -0.39 is 5.97 Å². The van der Waals surface area contributed by atoms with Crippen LogP contribution < -0.4 is 5.32 Å². The first-order chi connectivity index (χ1) is 3.80. The number of hydrogen-bond donors (Lipinski definition) is 2. The molecular formula is C5H9NO2. The van der Waals surface area contributed by atoms with Gasteiger partial charge in [0.25, 0.3) is 0 Å². The van der Waals surface area contributed by atoms with Crippen LogP contribution in [0.3, 0.4) is 0 Å². The fourth-order valence-electron chi connectivity index (χ4n) is 0.895. The summed E-state index contributed by atoms with van der Waals surface area (Å²) in [5.74, 6) is -0.720. The van der Waals surface area contributed by atoms with E-state index in [1.165, 1.54) is 0 Å². The van der Waals surface area contributed by atoms with Crippen LogP contribution in [0.2, 0.25) is 0 Å². The minimum Gasteiger partial charge on any atom is -0.480 e. The molecule has 46 valence electrons. The second-order valence-corrected chi connectivity index (χ2v) is 1.99. The fraction of sp³-hybridized carbons (Fsp3) is 0.800. The third-order valence-electron chi connectivity index (χ3n) is 1.36. The van der Waals surface area contributed by atoms with Crippen molar-refractivity contribution >= 4 is 5.97 Å². The summed E-state index contributed by atoms with van der Waals surface area (Å²) in [6, 6.07) is -0.269.